The van der Waals surface area contributed by atoms with Crippen LogP contribution in [0.2, 0.25) is 0 Å². The lowest BCUT2D eigenvalue weighted by Crippen LogP contribution is -2.44. The van der Waals surface area contributed by atoms with Crippen molar-refractivity contribution in [1.29, 1.82) is 0 Å². The van der Waals surface area contributed by atoms with Crippen molar-refractivity contribution in [2.45, 2.75) is 38.8 Å². The summed E-state index contributed by atoms with van der Waals surface area (Å²) in [5.74, 6) is 0.887. The summed E-state index contributed by atoms with van der Waals surface area (Å²) < 4.78 is 11.1. The van der Waals surface area contributed by atoms with E-state index in [2.05, 4.69) is 17.6 Å². The van der Waals surface area contributed by atoms with Gasteiger partial charge in [-0.25, -0.2) is 0 Å². The molecule has 0 saturated carbocycles. The highest BCUT2D eigenvalue weighted by molar-refractivity contribution is 5.77. The van der Waals surface area contributed by atoms with Crippen LogP contribution in [0.15, 0.2) is 24.3 Å². The third kappa shape index (κ3) is 4.71. The lowest BCUT2D eigenvalue weighted by molar-refractivity contribution is -0.123. The van der Waals surface area contributed by atoms with Gasteiger partial charge in [-0.1, -0.05) is 25.1 Å². The highest BCUT2D eigenvalue weighted by atomic mass is 16.5. The van der Waals surface area contributed by atoms with Crippen molar-refractivity contribution in [2.75, 3.05) is 26.4 Å². The Labute approximate surface area is 132 Å². The van der Waals surface area contributed by atoms with Gasteiger partial charge >= 0.3 is 0 Å². The van der Waals surface area contributed by atoms with Gasteiger partial charge in [-0.15, -0.1) is 0 Å². The molecule has 1 aromatic rings. The van der Waals surface area contributed by atoms with Crippen molar-refractivity contribution >= 4 is 5.91 Å². The summed E-state index contributed by atoms with van der Waals surface area (Å²) in [6.45, 7) is 6.77. The number of amides is 1. The first kappa shape index (κ1) is 16.8. The van der Waals surface area contributed by atoms with E-state index < -0.39 is 0 Å². The Morgan fingerprint density at radius 2 is 2.27 bits per heavy atom. The van der Waals surface area contributed by atoms with Crippen LogP contribution in [0.3, 0.4) is 0 Å². The van der Waals surface area contributed by atoms with E-state index in [4.69, 9.17) is 9.47 Å². The Morgan fingerprint density at radius 1 is 1.45 bits per heavy atom. The maximum Gasteiger partial charge on any atom is 0.222 e. The molecule has 2 atom stereocenters. The molecule has 1 saturated heterocycles. The lowest BCUT2D eigenvalue weighted by atomic mass is 10.0. The number of nitrogens with one attached hydrogen (secondary N) is 2. The first-order chi connectivity index (χ1) is 10.7. The van der Waals surface area contributed by atoms with E-state index in [1.54, 1.807) is 0 Å². The Balaban J connectivity index is 1.97. The zero-order valence-corrected chi connectivity index (χ0v) is 13.4. The predicted molar refractivity (Wildman–Crippen MR) is 86.0 cm³/mol. The summed E-state index contributed by atoms with van der Waals surface area (Å²) in [5.41, 5.74) is 1.04. The van der Waals surface area contributed by atoms with Crippen LogP contribution in [0.1, 0.15) is 38.3 Å². The van der Waals surface area contributed by atoms with Crippen LogP contribution in [0.25, 0.3) is 0 Å². The highest BCUT2D eigenvalue weighted by Crippen LogP contribution is 2.27. The van der Waals surface area contributed by atoms with Gasteiger partial charge < -0.3 is 20.1 Å². The second-order valence-corrected chi connectivity index (χ2v) is 5.43. The molecular formula is C17H26N2O3. The number of benzene rings is 1. The van der Waals surface area contributed by atoms with Crippen LogP contribution in [0.5, 0.6) is 5.75 Å². The van der Waals surface area contributed by atoms with Crippen LogP contribution >= 0.6 is 0 Å². The number of hydrogen-bond acceptors (Lipinski definition) is 4. The Bertz CT molecular complexity index is 473. The average Bonchev–Trinajstić information content (AvgIpc) is 2.54. The summed E-state index contributed by atoms with van der Waals surface area (Å²) >= 11 is 0. The zero-order chi connectivity index (χ0) is 15.8. The summed E-state index contributed by atoms with van der Waals surface area (Å²) in [6.07, 6.45) is 1.26. The molecule has 0 aromatic heterocycles. The van der Waals surface area contributed by atoms with Crippen LogP contribution in [-0.4, -0.2) is 38.3 Å². The molecule has 0 radical (unpaired) electrons. The predicted octanol–water partition coefficient (Wildman–Crippen LogP) is 2.03. The van der Waals surface area contributed by atoms with Crippen molar-refractivity contribution in [1.82, 2.24) is 10.6 Å². The normalized spacial score (nSPS) is 19.5. The molecule has 0 bridgehead atoms. The van der Waals surface area contributed by atoms with Gasteiger partial charge in [0.2, 0.25) is 5.91 Å². The first-order valence-corrected chi connectivity index (χ1v) is 8.06. The molecule has 1 aromatic carbocycles. The number of carbonyl (C=O) groups excluding carboxylic acids is 1. The van der Waals surface area contributed by atoms with E-state index in [1.165, 1.54) is 0 Å². The lowest BCUT2D eigenvalue weighted by Gasteiger charge is -2.25. The Morgan fingerprint density at radius 3 is 2.95 bits per heavy atom. The Kier molecular flexibility index (Phi) is 6.68. The van der Waals surface area contributed by atoms with Gasteiger partial charge in [-0.05, 0) is 19.4 Å². The van der Waals surface area contributed by atoms with Crippen LogP contribution in [-0.2, 0) is 9.53 Å². The third-order valence-electron chi connectivity index (χ3n) is 3.77. The second kappa shape index (κ2) is 8.76. The Hall–Kier alpha value is -1.59. The molecule has 2 N–H and O–H groups in total. The van der Waals surface area contributed by atoms with E-state index in [0.29, 0.717) is 19.6 Å². The third-order valence-corrected chi connectivity index (χ3v) is 3.77. The van der Waals surface area contributed by atoms with Gasteiger partial charge in [-0.2, -0.15) is 0 Å². The van der Waals surface area contributed by atoms with E-state index >= 15 is 0 Å². The molecule has 22 heavy (non-hydrogen) atoms. The maximum absolute atomic E-state index is 12.3. The minimum Gasteiger partial charge on any atom is -0.494 e. The smallest absolute Gasteiger partial charge is 0.222 e. The molecule has 2 rings (SSSR count). The molecule has 2 unspecified atom stereocenters. The van der Waals surface area contributed by atoms with Gasteiger partial charge in [0.1, 0.15) is 5.75 Å². The number of morpholine rings is 1. The molecule has 1 aliphatic heterocycles. The number of para-hydroxylation sites is 1. The quantitative estimate of drug-likeness (QED) is 0.809. The number of carbonyl (C=O) groups is 1. The monoisotopic (exact) mass is 306 g/mol. The molecule has 5 nitrogen and oxygen atoms in total. The van der Waals surface area contributed by atoms with Crippen molar-refractivity contribution in [3.05, 3.63) is 29.8 Å². The second-order valence-electron chi connectivity index (χ2n) is 5.43. The molecular weight excluding hydrogens is 280 g/mol. The topological polar surface area (TPSA) is 59.6 Å². The standard InChI is InChI=1S/C17H26N2O3/c1-3-15(14-7-5-6-8-16(14)22-4-2)19-17(20)11-13-12-21-10-9-18-13/h5-8,13,15,18H,3-4,9-12H2,1-2H3,(H,19,20). The molecule has 5 heteroatoms. The molecule has 122 valence electrons. The minimum atomic E-state index is -0.0280. The van der Waals surface area contributed by atoms with Crippen molar-refractivity contribution in [3.63, 3.8) is 0 Å². The zero-order valence-electron chi connectivity index (χ0n) is 13.4. The van der Waals surface area contributed by atoms with E-state index in [-0.39, 0.29) is 18.0 Å². The molecule has 1 aliphatic rings. The largest absolute Gasteiger partial charge is 0.494 e. The van der Waals surface area contributed by atoms with Gasteiger partial charge in [0.25, 0.3) is 0 Å². The molecule has 1 fully saturated rings. The van der Waals surface area contributed by atoms with Gasteiger partial charge in [0.05, 0.1) is 25.9 Å². The molecule has 1 amide bonds. The fourth-order valence-corrected chi connectivity index (χ4v) is 2.68. The van der Waals surface area contributed by atoms with Crippen molar-refractivity contribution in [3.8, 4) is 5.75 Å². The SMILES string of the molecule is CCOc1ccccc1C(CC)NC(=O)CC1COCCN1. The molecule has 1 heterocycles. The van der Waals surface area contributed by atoms with Crippen LogP contribution < -0.4 is 15.4 Å². The summed E-state index contributed by atoms with van der Waals surface area (Å²) in [5, 5.41) is 6.42. The average molecular weight is 306 g/mol. The van der Waals surface area contributed by atoms with Crippen LogP contribution in [0.4, 0.5) is 0 Å². The number of rotatable bonds is 7. The number of ether oxygens (including phenoxy) is 2. The van der Waals surface area contributed by atoms with Crippen molar-refractivity contribution in [2.24, 2.45) is 0 Å². The first-order valence-electron chi connectivity index (χ1n) is 8.06. The van der Waals surface area contributed by atoms with Gasteiger partial charge in [0.15, 0.2) is 0 Å². The molecule has 0 aliphatic carbocycles. The fraction of sp³-hybridized carbons (Fsp3) is 0.588. The number of hydrogen-bond donors (Lipinski definition) is 2. The molecule has 0 spiro atoms. The summed E-state index contributed by atoms with van der Waals surface area (Å²) in [4.78, 5) is 12.3. The summed E-state index contributed by atoms with van der Waals surface area (Å²) in [7, 11) is 0. The van der Waals surface area contributed by atoms with E-state index in [0.717, 1.165) is 30.9 Å². The highest BCUT2D eigenvalue weighted by Gasteiger charge is 2.20. The van der Waals surface area contributed by atoms with Crippen molar-refractivity contribution < 1.29 is 14.3 Å². The van der Waals surface area contributed by atoms with Crippen LogP contribution in [0, 0.1) is 0 Å². The van der Waals surface area contributed by atoms with E-state index in [1.807, 2.05) is 31.2 Å². The fourth-order valence-electron chi connectivity index (χ4n) is 2.68. The maximum atomic E-state index is 12.3. The van der Waals surface area contributed by atoms with Gasteiger partial charge in [0, 0.05) is 24.6 Å². The van der Waals surface area contributed by atoms with E-state index in [9.17, 15) is 4.79 Å². The van der Waals surface area contributed by atoms with Gasteiger partial charge in [-0.3, -0.25) is 4.79 Å². The minimum absolute atomic E-state index is 0.0280. The summed E-state index contributed by atoms with van der Waals surface area (Å²) in [6, 6.07) is 7.97.